The van der Waals surface area contributed by atoms with Gasteiger partial charge in [-0.25, -0.2) is 14.8 Å². The number of alkyl halides is 3. The molecule has 1 saturated heterocycles. The molecule has 1 saturated carbocycles. The van der Waals surface area contributed by atoms with Crippen molar-refractivity contribution in [1.82, 2.24) is 24.4 Å². The maximum absolute atomic E-state index is 13.4. The van der Waals surface area contributed by atoms with E-state index in [1.807, 2.05) is 4.57 Å². The van der Waals surface area contributed by atoms with Gasteiger partial charge in [0.25, 0.3) is 0 Å². The van der Waals surface area contributed by atoms with E-state index in [0.717, 1.165) is 37.8 Å². The number of benzene rings is 1. The quantitative estimate of drug-likeness (QED) is 0.350. The first-order valence-electron chi connectivity index (χ1n) is 12.2. The van der Waals surface area contributed by atoms with E-state index < -0.39 is 17.8 Å². The summed E-state index contributed by atoms with van der Waals surface area (Å²) in [6.45, 7) is 2.78. The molecule has 0 radical (unpaired) electrons. The number of hydrogen-bond acceptors (Lipinski definition) is 6. The van der Waals surface area contributed by atoms with E-state index in [1.165, 1.54) is 11.0 Å². The number of hydrogen-bond donors (Lipinski definition) is 3. The lowest BCUT2D eigenvalue weighted by Crippen LogP contribution is -2.38. The van der Waals surface area contributed by atoms with Gasteiger partial charge in [0, 0.05) is 35.4 Å². The van der Waals surface area contributed by atoms with Gasteiger partial charge in [-0.05, 0) is 50.8 Å². The number of fused-ring (bicyclic) bond motifs is 1. The third kappa shape index (κ3) is 5.39. The van der Waals surface area contributed by atoms with Crippen LogP contribution in [0.5, 0.6) is 0 Å². The molecule has 1 aliphatic heterocycles. The van der Waals surface area contributed by atoms with Crippen molar-refractivity contribution in [3.8, 4) is 0 Å². The number of amides is 1. The first kappa shape index (κ1) is 25.4. The van der Waals surface area contributed by atoms with Gasteiger partial charge < -0.3 is 20.6 Å². The third-order valence-corrected chi connectivity index (χ3v) is 7.35. The molecular formula is C24H27ClF3N7O2. The molecule has 3 heterocycles. The summed E-state index contributed by atoms with van der Waals surface area (Å²) in [5, 5.41) is 15.7. The third-order valence-electron chi connectivity index (χ3n) is 7.13. The Kier molecular flexibility index (Phi) is 6.55. The average Bonchev–Trinajstić information content (AvgIpc) is 3.41. The summed E-state index contributed by atoms with van der Waals surface area (Å²) < 4.78 is 42.0. The highest BCUT2D eigenvalue weighted by Crippen LogP contribution is 2.37. The predicted octanol–water partition coefficient (Wildman–Crippen LogP) is 6.30. The Bertz CT molecular complexity index is 1320. The van der Waals surface area contributed by atoms with Crippen molar-refractivity contribution in [1.29, 1.82) is 0 Å². The molecule has 0 atom stereocenters. The predicted molar refractivity (Wildman–Crippen MR) is 133 cm³/mol. The number of carbonyl (C=O) groups is 1. The van der Waals surface area contributed by atoms with Crippen LogP contribution in [0, 0.1) is 0 Å². The van der Waals surface area contributed by atoms with Crippen LogP contribution in [-0.2, 0) is 6.18 Å². The highest BCUT2D eigenvalue weighted by molar-refractivity contribution is 6.31. The summed E-state index contributed by atoms with van der Waals surface area (Å²) in [4.78, 5) is 26.5. The molecule has 13 heteroatoms. The van der Waals surface area contributed by atoms with Crippen molar-refractivity contribution < 1.29 is 23.1 Å². The number of nitrogens with zero attached hydrogens (tertiary/aromatic N) is 5. The summed E-state index contributed by atoms with van der Waals surface area (Å²) in [5.41, 5.74) is 0.137. The zero-order chi connectivity index (χ0) is 26.4. The Balaban J connectivity index is 1.54. The van der Waals surface area contributed by atoms with Gasteiger partial charge in [-0.1, -0.05) is 24.4 Å². The molecule has 2 fully saturated rings. The number of aromatic nitrogens is 4. The zero-order valence-corrected chi connectivity index (χ0v) is 20.9. The maximum atomic E-state index is 13.4. The molecule has 2 aromatic heterocycles. The zero-order valence-electron chi connectivity index (χ0n) is 20.1. The van der Waals surface area contributed by atoms with Gasteiger partial charge in [0.15, 0.2) is 5.65 Å². The van der Waals surface area contributed by atoms with Crippen LogP contribution in [0.2, 0.25) is 5.02 Å². The molecule has 9 nitrogen and oxygen atoms in total. The second kappa shape index (κ2) is 9.55. The number of likely N-dealkylation sites (tertiary alicyclic amines) is 1. The summed E-state index contributed by atoms with van der Waals surface area (Å²) in [6.07, 6.45) is 1.31. The number of anilines is 3. The standard InChI is InChI=1S/C24H27ClF3N7O2/c1-23(6-2-3-7-23)33-20-29-13-18-19(32-20)35(17-4-8-34(9-5-17)22(36)37)21(31-18)30-16-11-14(24(26,27)28)10-15(25)12-16/h10-13,17H,2-9H2,1H3,(H,30,31)(H,36,37)(H,29,32,33). The minimum atomic E-state index is -4.56. The molecule has 5 rings (SSSR count). The fourth-order valence-corrected chi connectivity index (χ4v) is 5.44. The Morgan fingerprint density at radius 3 is 2.51 bits per heavy atom. The SMILES string of the molecule is CC1(Nc2ncc3nc(Nc4cc(Cl)cc(C(F)(F)F)c4)n(C4CCN(C(=O)O)CC4)c3n2)CCCC1. The monoisotopic (exact) mass is 537 g/mol. The number of carboxylic acid groups (broad SMARTS) is 1. The van der Waals surface area contributed by atoms with Gasteiger partial charge in [-0.15, -0.1) is 0 Å². The largest absolute Gasteiger partial charge is 0.465 e. The van der Waals surface area contributed by atoms with Crippen molar-refractivity contribution in [2.45, 2.75) is 63.2 Å². The number of nitrogens with one attached hydrogen (secondary N) is 2. The van der Waals surface area contributed by atoms with E-state index in [9.17, 15) is 23.1 Å². The van der Waals surface area contributed by atoms with E-state index >= 15 is 0 Å². The molecule has 1 aromatic carbocycles. The topological polar surface area (TPSA) is 108 Å². The van der Waals surface area contributed by atoms with Gasteiger partial charge in [-0.2, -0.15) is 18.2 Å². The van der Waals surface area contributed by atoms with Crippen LogP contribution in [-0.4, -0.2) is 54.2 Å². The molecule has 3 aromatic rings. The molecule has 198 valence electrons. The van der Waals surface area contributed by atoms with Crippen LogP contribution >= 0.6 is 11.6 Å². The van der Waals surface area contributed by atoms with Crippen molar-refractivity contribution in [3.05, 3.63) is 35.0 Å². The summed E-state index contributed by atoms with van der Waals surface area (Å²) in [5.74, 6) is 0.743. The lowest BCUT2D eigenvalue weighted by molar-refractivity contribution is -0.137. The maximum Gasteiger partial charge on any atom is 0.416 e. The summed E-state index contributed by atoms with van der Waals surface area (Å²) >= 11 is 5.99. The summed E-state index contributed by atoms with van der Waals surface area (Å²) in [7, 11) is 0. The molecule has 0 unspecified atom stereocenters. The van der Waals surface area contributed by atoms with Crippen molar-refractivity contribution >= 4 is 46.4 Å². The van der Waals surface area contributed by atoms with Crippen LogP contribution < -0.4 is 10.6 Å². The van der Waals surface area contributed by atoms with Gasteiger partial charge >= 0.3 is 12.3 Å². The lowest BCUT2D eigenvalue weighted by Gasteiger charge is -2.31. The number of imidazole rings is 1. The van der Waals surface area contributed by atoms with Gasteiger partial charge in [0.2, 0.25) is 11.9 Å². The van der Waals surface area contributed by atoms with Crippen LogP contribution in [0.25, 0.3) is 11.2 Å². The van der Waals surface area contributed by atoms with E-state index in [4.69, 9.17) is 16.6 Å². The van der Waals surface area contributed by atoms with Gasteiger partial charge in [0.1, 0.15) is 5.52 Å². The number of piperidine rings is 1. The molecule has 1 aliphatic carbocycles. The Labute approximate surface area is 216 Å². The second-order valence-corrected chi connectivity index (χ2v) is 10.4. The average molecular weight is 538 g/mol. The first-order chi connectivity index (χ1) is 17.5. The van der Waals surface area contributed by atoms with Crippen molar-refractivity contribution in [3.63, 3.8) is 0 Å². The minimum absolute atomic E-state index is 0.0640. The van der Waals surface area contributed by atoms with E-state index in [1.54, 1.807) is 6.20 Å². The molecule has 3 N–H and O–H groups in total. The molecular weight excluding hydrogens is 511 g/mol. The second-order valence-electron chi connectivity index (χ2n) is 9.95. The fraction of sp³-hybridized carbons (Fsp3) is 0.500. The molecule has 2 aliphatic rings. The van der Waals surface area contributed by atoms with Gasteiger partial charge in [0.05, 0.1) is 11.8 Å². The molecule has 1 amide bonds. The van der Waals surface area contributed by atoms with E-state index in [0.29, 0.717) is 43.0 Å². The Morgan fingerprint density at radius 2 is 1.86 bits per heavy atom. The van der Waals surface area contributed by atoms with Crippen LogP contribution in [0.1, 0.15) is 57.1 Å². The number of halogens is 4. The fourth-order valence-electron chi connectivity index (χ4n) is 5.21. The first-order valence-corrected chi connectivity index (χ1v) is 12.5. The summed E-state index contributed by atoms with van der Waals surface area (Å²) in [6, 6.07) is 3.06. The van der Waals surface area contributed by atoms with E-state index in [2.05, 4.69) is 27.5 Å². The normalized spacial score (nSPS) is 18.4. The highest BCUT2D eigenvalue weighted by Gasteiger charge is 2.33. The minimum Gasteiger partial charge on any atom is -0.465 e. The Hall–Kier alpha value is -3.28. The van der Waals surface area contributed by atoms with Crippen LogP contribution in [0.3, 0.4) is 0 Å². The highest BCUT2D eigenvalue weighted by atomic mass is 35.5. The Morgan fingerprint density at radius 1 is 1.16 bits per heavy atom. The van der Waals surface area contributed by atoms with Crippen molar-refractivity contribution in [2.24, 2.45) is 0 Å². The van der Waals surface area contributed by atoms with E-state index in [-0.39, 0.29) is 28.2 Å². The number of rotatable bonds is 5. The molecule has 37 heavy (non-hydrogen) atoms. The van der Waals surface area contributed by atoms with Gasteiger partial charge in [-0.3, -0.25) is 4.57 Å². The van der Waals surface area contributed by atoms with Crippen LogP contribution in [0.15, 0.2) is 24.4 Å². The van der Waals surface area contributed by atoms with Crippen LogP contribution in [0.4, 0.5) is 35.5 Å². The lowest BCUT2D eigenvalue weighted by atomic mass is 10.0. The van der Waals surface area contributed by atoms with Crippen molar-refractivity contribution in [2.75, 3.05) is 23.7 Å². The smallest absolute Gasteiger partial charge is 0.416 e. The molecule has 0 bridgehead atoms. The molecule has 0 spiro atoms.